The van der Waals surface area contributed by atoms with Gasteiger partial charge in [-0.3, -0.25) is 4.79 Å². The highest BCUT2D eigenvalue weighted by molar-refractivity contribution is 7.20. The van der Waals surface area contributed by atoms with Crippen LogP contribution in [0, 0.1) is 0 Å². The van der Waals surface area contributed by atoms with E-state index in [9.17, 15) is 9.59 Å². The lowest BCUT2D eigenvalue weighted by molar-refractivity contribution is -0.116. The van der Waals surface area contributed by atoms with Crippen molar-refractivity contribution in [2.24, 2.45) is 0 Å². The summed E-state index contributed by atoms with van der Waals surface area (Å²) >= 11 is 1.38. The Labute approximate surface area is 173 Å². The summed E-state index contributed by atoms with van der Waals surface area (Å²) in [6, 6.07) is 13.0. The van der Waals surface area contributed by atoms with Crippen LogP contribution in [0.5, 0.6) is 11.5 Å². The third-order valence-electron chi connectivity index (χ3n) is 4.37. The van der Waals surface area contributed by atoms with Crippen LogP contribution in [0.4, 0.5) is 5.69 Å². The van der Waals surface area contributed by atoms with Crippen molar-refractivity contribution in [3.05, 3.63) is 52.9 Å². The molecule has 0 aliphatic rings. The first-order valence-corrected chi connectivity index (χ1v) is 10.1. The number of fused-ring (bicyclic) bond motifs is 1. The predicted octanol–water partition coefficient (Wildman–Crippen LogP) is 4.67. The average Bonchev–Trinajstić information content (AvgIpc) is 3.15. The minimum Gasteiger partial charge on any atom is -0.493 e. The first-order chi connectivity index (χ1) is 14.0. The van der Waals surface area contributed by atoms with Crippen molar-refractivity contribution in [3.63, 3.8) is 0 Å². The molecule has 29 heavy (non-hydrogen) atoms. The predicted molar refractivity (Wildman–Crippen MR) is 114 cm³/mol. The molecule has 7 heteroatoms. The van der Waals surface area contributed by atoms with E-state index >= 15 is 0 Å². The largest absolute Gasteiger partial charge is 0.493 e. The Hall–Kier alpha value is -3.06. The number of hydrogen-bond acceptors (Lipinski definition) is 6. The number of esters is 1. The molecule has 1 aromatic heterocycles. The van der Waals surface area contributed by atoms with E-state index in [4.69, 9.17) is 14.2 Å². The zero-order valence-electron chi connectivity index (χ0n) is 16.6. The van der Waals surface area contributed by atoms with Gasteiger partial charge in [-0.25, -0.2) is 4.79 Å². The first-order valence-electron chi connectivity index (χ1n) is 9.25. The molecular formula is C22H23NO5S. The van der Waals surface area contributed by atoms with Crippen molar-refractivity contribution in [2.45, 2.75) is 19.8 Å². The summed E-state index contributed by atoms with van der Waals surface area (Å²) in [7, 11) is 3.17. The lowest BCUT2D eigenvalue weighted by atomic mass is 10.1. The van der Waals surface area contributed by atoms with Crippen LogP contribution >= 0.6 is 11.3 Å². The van der Waals surface area contributed by atoms with Crippen molar-refractivity contribution in [3.8, 4) is 11.5 Å². The number of benzene rings is 2. The molecule has 6 nitrogen and oxygen atoms in total. The highest BCUT2D eigenvalue weighted by atomic mass is 32.1. The maximum absolute atomic E-state index is 12.4. The minimum absolute atomic E-state index is 0.0834. The molecule has 3 aromatic rings. The number of thiophene rings is 1. The second-order valence-electron chi connectivity index (χ2n) is 6.32. The van der Waals surface area contributed by atoms with Crippen LogP contribution in [0.25, 0.3) is 10.1 Å². The van der Waals surface area contributed by atoms with Crippen molar-refractivity contribution < 1.29 is 23.8 Å². The van der Waals surface area contributed by atoms with Gasteiger partial charge in [-0.15, -0.1) is 11.3 Å². The molecule has 0 atom stereocenters. The van der Waals surface area contributed by atoms with Crippen molar-refractivity contribution in [2.75, 3.05) is 26.1 Å². The van der Waals surface area contributed by atoms with Crippen LogP contribution in [0.1, 0.15) is 28.6 Å². The molecule has 0 bridgehead atoms. The zero-order valence-corrected chi connectivity index (χ0v) is 17.4. The molecule has 152 valence electrons. The third kappa shape index (κ3) is 5.06. The third-order valence-corrected chi connectivity index (χ3v) is 5.46. The molecule has 0 saturated carbocycles. The van der Waals surface area contributed by atoms with Crippen LogP contribution in [0.2, 0.25) is 0 Å². The highest BCUT2D eigenvalue weighted by Crippen LogP contribution is 2.29. The van der Waals surface area contributed by atoms with Crippen LogP contribution in [0.3, 0.4) is 0 Å². The Kier molecular flexibility index (Phi) is 6.72. The van der Waals surface area contributed by atoms with E-state index in [1.54, 1.807) is 27.2 Å². The van der Waals surface area contributed by atoms with E-state index < -0.39 is 0 Å². The molecule has 1 N–H and O–H groups in total. The fourth-order valence-electron chi connectivity index (χ4n) is 2.94. The average molecular weight is 413 g/mol. The standard InChI is InChI=1S/C22H23NO5S/c1-4-28-22(25)20-13-15-12-16(7-9-19(15)29-20)23-21(24)10-6-14-5-8-17(26-2)18(11-14)27-3/h5,7-9,11-13H,4,6,10H2,1-3H3,(H,23,24). The summed E-state index contributed by atoms with van der Waals surface area (Å²) in [5.41, 5.74) is 1.69. The molecule has 0 fully saturated rings. The van der Waals surface area contributed by atoms with Gasteiger partial charge in [-0.1, -0.05) is 6.07 Å². The number of methoxy groups -OCH3 is 2. The van der Waals surface area contributed by atoms with Gasteiger partial charge in [-0.05, 0) is 60.7 Å². The minimum atomic E-state index is -0.325. The summed E-state index contributed by atoms with van der Waals surface area (Å²) in [5, 5.41) is 3.81. The van der Waals surface area contributed by atoms with E-state index in [1.165, 1.54) is 11.3 Å². The van der Waals surface area contributed by atoms with Crippen LogP contribution < -0.4 is 14.8 Å². The Balaban J connectivity index is 1.63. The molecule has 0 radical (unpaired) electrons. The molecule has 0 saturated heterocycles. The maximum atomic E-state index is 12.4. The van der Waals surface area contributed by atoms with E-state index in [1.807, 2.05) is 36.4 Å². The van der Waals surface area contributed by atoms with Gasteiger partial charge in [0.25, 0.3) is 0 Å². The van der Waals surface area contributed by atoms with Gasteiger partial charge >= 0.3 is 5.97 Å². The zero-order chi connectivity index (χ0) is 20.8. The summed E-state index contributed by atoms with van der Waals surface area (Å²) < 4.78 is 16.5. The SMILES string of the molecule is CCOC(=O)c1cc2cc(NC(=O)CCc3ccc(OC)c(OC)c3)ccc2s1. The summed E-state index contributed by atoms with van der Waals surface area (Å²) in [6.45, 7) is 2.12. The molecule has 2 aromatic carbocycles. The number of amides is 1. The summed E-state index contributed by atoms with van der Waals surface area (Å²) in [4.78, 5) is 24.8. The number of carbonyl (C=O) groups excluding carboxylic acids is 2. The van der Waals surface area contributed by atoms with Gasteiger partial charge in [0, 0.05) is 16.8 Å². The monoisotopic (exact) mass is 413 g/mol. The molecule has 1 heterocycles. The lowest BCUT2D eigenvalue weighted by Gasteiger charge is -2.10. The molecule has 0 aliphatic carbocycles. The second kappa shape index (κ2) is 9.43. The Morgan fingerprint density at radius 2 is 1.79 bits per heavy atom. The van der Waals surface area contributed by atoms with Crippen LogP contribution in [-0.2, 0) is 16.0 Å². The second-order valence-corrected chi connectivity index (χ2v) is 7.41. The molecule has 0 aliphatic heterocycles. The Morgan fingerprint density at radius 3 is 2.52 bits per heavy atom. The number of carbonyl (C=O) groups is 2. The normalized spacial score (nSPS) is 10.6. The van der Waals surface area contributed by atoms with Gasteiger partial charge in [-0.2, -0.15) is 0 Å². The van der Waals surface area contributed by atoms with Crippen LogP contribution in [0.15, 0.2) is 42.5 Å². The van der Waals surface area contributed by atoms with Gasteiger partial charge in [0.05, 0.1) is 20.8 Å². The number of aryl methyl sites for hydroxylation is 1. The van der Waals surface area contributed by atoms with E-state index in [2.05, 4.69) is 5.32 Å². The van der Waals surface area contributed by atoms with Crippen LogP contribution in [-0.4, -0.2) is 32.7 Å². The van der Waals surface area contributed by atoms with Crippen molar-refractivity contribution in [1.82, 2.24) is 0 Å². The van der Waals surface area contributed by atoms with E-state index in [0.29, 0.717) is 41.5 Å². The number of hydrogen-bond donors (Lipinski definition) is 1. The quantitative estimate of drug-likeness (QED) is 0.544. The van der Waals surface area contributed by atoms with E-state index in [-0.39, 0.29) is 11.9 Å². The maximum Gasteiger partial charge on any atom is 0.348 e. The smallest absolute Gasteiger partial charge is 0.348 e. The van der Waals surface area contributed by atoms with E-state index in [0.717, 1.165) is 15.6 Å². The van der Waals surface area contributed by atoms with Crippen molar-refractivity contribution >= 4 is 39.0 Å². The van der Waals surface area contributed by atoms with Gasteiger partial charge in [0.1, 0.15) is 4.88 Å². The van der Waals surface area contributed by atoms with Gasteiger partial charge < -0.3 is 19.5 Å². The first kappa shape index (κ1) is 20.7. The Bertz CT molecular complexity index is 1030. The molecule has 0 unspecified atom stereocenters. The van der Waals surface area contributed by atoms with Crippen molar-refractivity contribution in [1.29, 1.82) is 0 Å². The van der Waals surface area contributed by atoms with Gasteiger partial charge in [0.15, 0.2) is 11.5 Å². The molecule has 1 amide bonds. The van der Waals surface area contributed by atoms with Gasteiger partial charge in [0.2, 0.25) is 5.91 Å². The fourth-order valence-corrected chi connectivity index (χ4v) is 3.88. The summed E-state index contributed by atoms with van der Waals surface area (Å²) in [6.07, 6.45) is 0.922. The Morgan fingerprint density at radius 1 is 1.00 bits per heavy atom. The number of nitrogens with one attached hydrogen (secondary N) is 1. The molecule has 0 spiro atoms. The lowest BCUT2D eigenvalue weighted by Crippen LogP contribution is -2.12. The molecule has 3 rings (SSSR count). The number of anilines is 1. The summed E-state index contributed by atoms with van der Waals surface area (Å²) in [5.74, 6) is 0.895. The fraction of sp³-hybridized carbons (Fsp3) is 0.273. The highest BCUT2D eigenvalue weighted by Gasteiger charge is 2.12. The number of ether oxygens (including phenoxy) is 3. The molecular weight excluding hydrogens is 390 g/mol. The number of rotatable bonds is 8. The topological polar surface area (TPSA) is 73.9 Å².